The molecule has 6 nitrogen and oxygen atoms in total. The monoisotopic (exact) mass is 415 g/mol. The lowest BCUT2D eigenvalue weighted by Gasteiger charge is -2.13. The molecule has 0 saturated carbocycles. The zero-order chi connectivity index (χ0) is 19.9. The van der Waals surface area contributed by atoms with Crippen molar-refractivity contribution in [2.75, 3.05) is 19.5 Å². The van der Waals surface area contributed by atoms with Crippen molar-refractivity contribution in [3.8, 4) is 22.1 Å². The molecular formula is C20H21N3O3S2. The lowest BCUT2D eigenvalue weighted by Crippen LogP contribution is -2.24. The molecule has 1 amide bonds. The van der Waals surface area contributed by atoms with Crippen molar-refractivity contribution in [2.24, 2.45) is 0 Å². The summed E-state index contributed by atoms with van der Waals surface area (Å²) < 4.78 is 10.6. The average Bonchev–Trinajstić information content (AvgIpc) is 3.20. The van der Waals surface area contributed by atoms with Gasteiger partial charge in [-0.15, -0.1) is 22.0 Å². The molecule has 8 heteroatoms. The molecule has 0 bridgehead atoms. The van der Waals surface area contributed by atoms with Gasteiger partial charge in [0.2, 0.25) is 11.0 Å². The predicted molar refractivity (Wildman–Crippen MR) is 113 cm³/mol. The van der Waals surface area contributed by atoms with Crippen LogP contribution in [-0.2, 0) is 4.79 Å². The van der Waals surface area contributed by atoms with E-state index in [1.165, 1.54) is 23.1 Å². The quantitative estimate of drug-likeness (QED) is 0.536. The van der Waals surface area contributed by atoms with Gasteiger partial charge in [0.15, 0.2) is 5.01 Å². The first kappa shape index (κ1) is 20.2. The van der Waals surface area contributed by atoms with Gasteiger partial charge in [-0.1, -0.05) is 36.5 Å². The first-order chi connectivity index (χ1) is 13.6. The number of methoxy groups -OCH3 is 2. The van der Waals surface area contributed by atoms with Crippen molar-refractivity contribution in [3.63, 3.8) is 0 Å². The Balaban J connectivity index is 1.72. The molecule has 0 aliphatic heterocycles. The number of carbonyl (C=O) groups excluding carboxylic acids is 1. The maximum Gasteiger partial charge on any atom is 0.239 e. The highest BCUT2D eigenvalue weighted by Crippen LogP contribution is 2.36. The fraction of sp³-hybridized carbons (Fsp3) is 0.250. The smallest absolute Gasteiger partial charge is 0.239 e. The Hall–Kier alpha value is -2.58. The van der Waals surface area contributed by atoms with E-state index >= 15 is 0 Å². The van der Waals surface area contributed by atoms with Gasteiger partial charge in [0.1, 0.15) is 11.5 Å². The van der Waals surface area contributed by atoms with Crippen LogP contribution in [0.15, 0.2) is 53.4 Å². The zero-order valence-corrected chi connectivity index (χ0v) is 17.5. The van der Waals surface area contributed by atoms with Crippen LogP contribution in [0.2, 0.25) is 0 Å². The molecule has 0 aliphatic rings. The molecule has 0 radical (unpaired) electrons. The Labute approximate surface area is 172 Å². The fourth-order valence-electron chi connectivity index (χ4n) is 2.53. The minimum atomic E-state index is -0.203. The number of nitrogens with zero attached hydrogens (tertiary/aromatic N) is 2. The van der Waals surface area contributed by atoms with Gasteiger partial charge >= 0.3 is 0 Å². The van der Waals surface area contributed by atoms with Gasteiger partial charge in [0.05, 0.1) is 25.0 Å². The highest BCUT2D eigenvalue weighted by atomic mass is 32.2. The van der Waals surface area contributed by atoms with Crippen molar-refractivity contribution in [1.29, 1.82) is 0 Å². The van der Waals surface area contributed by atoms with E-state index in [0.717, 1.165) is 10.5 Å². The molecule has 0 saturated heterocycles. The van der Waals surface area contributed by atoms with E-state index < -0.39 is 0 Å². The van der Waals surface area contributed by atoms with Gasteiger partial charge in [-0.05, 0) is 30.7 Å². The third kappa shape index (κ3) is 4.82. The van der Waals surface area contributed by atoms with E-state index in [-0.39, 0.29) is 11.2 Å². The van der Waals surface area contributed by atoms with Crippen LogP contribution in [0.25, 0.3) is 10.6 Å². The standard InChI is InChI=1S/C20H21N3O3S2/c1-4-17(27-14-8-6-5-7-9-14)18(24)21-20-23-22-19(28-20)15-11-10-13(25-2)12-16(15)26-3/h5-12,17H,4H2,1-3H3,(H,21,23,24)/t17-/m0/s1. The molecule has 1 atom stereocenters. The SMILES string of the molecule is CC[C@H](Sc1ccccc1)C(=O)Nc1nnc(-c2ccc(OC)cc2OC)s1. The number of carbonyl (C=O) groups is 1. The molecule has 1 heterocycles. The lowest BCUT2D eigenvalue weighted by atomic mass is 10.2. The molecule has 28 heavy (non-hydrogen) atoms. The first-order valence-electron chi connectivity index (χ1n) is 8.73. The summed E-state index contributed by atoms with van der Waals surface area (Å²) in [7, 11) is 3.19. The number of benzene rings is 2. The highest BCUT2D eigenvalue weighted by molar-refractivity contribution is 8.00. The number of hydrogen-bond acceptors (Lipinski definition) is 7. The summed E-state index contributed by atoms with van der Waals surface area (Å²) in [5.74, 6) is 1.25. The average molecular weight is 416 g/mol. The number of ether oxygens (including phenoxy) is 2. The topological polar surface area (TPSA) is 73.3 Å². The van der Waals surface area contributed by atoms with Crippen LogP contribution in [0.4, 0.5) is 5.13 Å². The molecular weight excluding hydrogens is 394 g/mol. The Morgan fingerprint density at radius 1 is 1.14 bits per heavy atom. The van der Waals surface area contributed by atoms with E-state index in [1.807, 2.05) is 49.4 Å². The largest absolute Gasteiger partial charge is 0.497 e. The number of amides is 1. The van der Waals surface area contributed by atoms with E-state index in [9.17, 15) is 4.79 Å². The van der Waals surface area contributed by atoms with Crippen LogP contribution >= 0.6 is 23.1 Å². The molecule has 0 unspecified atom stereocenters. The highest BCUT2D eigenvalue weighted by Gasteiger charge is 2.20. The molecule has 1 N–H and O–H groups in total. The van der Waals surface area contributed by atoms with E-state index in [1.54, 1.807) is 20.3 Å². The normalized spacial score (nSPS) is 11.7. The van der Waals surface area contributed by atoms with Gasteiger partial charge < -0.3 is 9.47 Å². The lowest BCUT2D eigenvalue weighted by molar-refractivity contribution is -0.115. The van der Waals surface area contributed by atoms with Gasteiger partial charge in [0.25, 0.3) is 0 Å². The number of nitrogens with one attached hydrogen (secondary N) is 1. The van der Waals surface area contributed by atoms with Crippen LogP contribution in [0.5, 0.6) is 11.5 Å². The van der Waals surface area contributed by atoms with Gasteiger partial charge in [0, 0.05) is 11.0 Å². The van der Waals surface area contributed by atoms with Crippen LogP contribution in [0.1, 0.15) is 13.3 Å². The Morgan fingerprint density at radius 2 is 1.93 bits per heavy atom. The Bertz CT molecular complexity index is 931. The fourth-order valence-corrected chi connectivity index (χ4v) is 4.28. The Morgan fingerprint density at radius 3 is 2.61 bits per heavy atom. The van der Waals surface area contributed by atoms with E-state index in [4.69, 9.17) is 9.47 Å². The maximum absolute atomic E-state index is 12.7. The molecule has 0 fully saturated rings. The summed E-state index contributed by atoms with van der Waals surface area (Å²) >= 11 is 2.85. The first-order valence-corrected chi connectivity index (χ1v) is 10.4. The molecule has 0 spiro atoms. The summed E-state index contributed by atoms with van der Waals surface area (Å²) in [5.41, 5.74) is 0.798. The van der Waals surface area contributed by atoms with Crippen LogP contribution in [-0.4, -0.2) is 35.6 Å². The van der Waals surface area contributed by atoms with Gasteiger partial charge in [-0.2, -0.15) is 0 Å². The minimum absolute atomic E-state index is 0.0826. The van der Waals surface area contributed by atoms with Gasteiger partial charge in [-0.25, -0.2) is 0 Å². The van der Waals surface area contributed by atoms with Crippen molar-refractivity contribution in [2.45, 2.75) is 23.5 Å². The number of aromatic nitrogens is 2. The van der Waals surface area contributed by atoms with E-state index in [2.05, 4.69) is 15.5 Å². The second-order valence-corrected chi connectivity index (χ2v) is 8.05. The van der Waals surface area contributed by atoms with Crippen molar-refractivity contribution >= 4 is 34.1 Å². The summed E-state index contributed by atoms with van der Waals surface area (Å²) in [6.07, 6.45) is 0.712. The third-order valence-corrected chi connectivity index (χ3v) is 6.23. The van der Waals surface area contributed by atoms with E-state index in [0.29, 0.717) is 28.1 Å². The van der Waals surface area contributed by atoms with Crippen molar-refractivity contribution < 1.29 is 14.3 Å². The molecule has 146 valence electrons. The summed E-state index contributed by atoms with van der Waals surface area (Å²) in [6.45, 7) is 1.99. The maximum atomic E-state index is 12.7. The molecule has 1 aromatic heterocycles. The number of thioether (sulfide) groups is 1. The molecule has 2 aromatic carbocycles. The zero-order valence-electron chi connectivity index (χ0n) is 15.8. The number of hydrogen-bond donors (Lipinski definition) is 1. The van der Waals surface area contributed by atoms with Crippen molar-refractivity contribution in [1.82, 2.24) is 10.2 Å². The molecule has 3 aromatic rings. The summed E-state index contributed by atoms with van der Waals surface area (Å²) in [6, 6.07) is 15.4. The molecule has 3 rings (SSSR count). The third-order valence-electron chi connectivity index (χ3n) is 3.98. The Kier molecular flexibility index (Phi) is 6.89. The van der Waals surface area contributed by atoms with Crippen LogP contribution in [0.3, 0.4) is 0 Å². The summed E-state index contributed by atoms with van der Waals surface area (Å²) in [4.78, 5) is 13.7. The number of rotatable bonds is 8. The molecule has 0 aliphatic carbocycles. The predicted octanol–water partition coefficient (Wildman–Crippen LogP) is 4.73. The van der Waals surface area contributed by atoms with Crippen LogP contribution in [0, 0.1) is 0 Å². The van der Waals surface area contributed by atoms with Crippen LogP contribution < -0.4 is 14.8 Å². The number of anilines is 1. The van der Waals surface area contributed by atoms with Crippen molar-refractivity contribution in [3.05, 3.63) is 48.5 Å². The second-order valence-electron chi connectivity index (χ2n) is 5.80. The summed E-state index contributed by atoms with van der Waals surface area (Å²) in [5, 5.41) is 12.1. The van der Waals surface area contributed by atoms with Gasteiger partial charge in [-0.3, -0.25) is 10.1 Å². The second kappa shape index (κ2) is 9.57. The minimum Gasteiger partial charge on any atom is -0.497 e.